The molecule has 0 saturated heterocycles. The summed E-state index contributed by atoms with van der Waals surface area (Å²) in [6.45, 7) is 12.1. The van der Waals surface area contributed by atoms with Gasteiger partial charge in [0.05, 0.1) is 6.54 Å². The third kappa shape index (κ3) is 4.00. The highest BCUT2D eigenvalue weighted by atomic mass is 16.4. The molecule has 98 valence electrons. The van der Waals surface area contributed by atoms with E-state index < -0.39 is 0 Å². The quantitative estimate of drug-likeness (QED) is 0.791. The van der Waals surface area contributed by atoms with Crippen molar-refractivity contribution >= 4 is 6.01 Å². The van der Waals surface area contributed by atoms with Crippen LogP contribution >= 0.6 is 0 Å². The predicted octanol–water partition coefficient (Wildman–Crippen LogP) is 2.19. The van der Waals surface area contributed by atoms with E-state index in [0.29, 0.717) is 30.5 Å². The lowest BCUT2D eigenvalue weighted by atomic mass is 10.2. The maximum absolute atomic E-state index is 5.65. The number of rotatable bonds is 7. The molecule has 0 aliphatic rings. The molecule has 0 fully saturated rings. The lowest BCUT2D eigenvalue weighted by molar-refractivity contribution is 0.436. The Morgan fingerprint density at radius 1 is 1.24 bits per heavy atom. The third-order valence-electron chi connectivity index (χ3n) is 2.83. The molecule has 17 heavy (non-hydrogen) atoms. The zero-order valence-electron chi connectivity index (χ0n) is 11.5. The molecular formula is C12H24N4O. The predicted molar refractivity (Wildman–Crippen MR) is 69.0 cm³/mol. The molecule has 1 heterocycles. The lowest BCUT2D eigenvalue weighted by Crippen LogP contribution is -2.32. The van der Waals surface area contributed by atoms with Crippen LogP contribution in [0.3, 0.4) is 0 Å². The van der Waals surface area contributed by atoms with Crippen LogP contribution in [0.2, 0.25) is 0 Å². The van der Waals surface area contributed by atoms with Gasteiger partial charge in [0, 0.05) is 18.6 Å². The summed E-state index contributed by atoms with van der Waals surface area (Å²) in [7, 11) is 0. The molecule has 0 bridgehead atoms. The second-order valence-corrected chi connectivity index (χ2v) is 4.56. The molecule has 0 saturated carbocycles. The van der Waals surface area contributed by atoms with Crippen LogP contribution in [-0.4, -0.2) is 28.8 Å². The molecule has 5 nitrogen and oxygen atoms in total. The molecular weight excluding hydrogens is 216 g/mol. The molecule has 1 rings (SSSR count). The van der Waals surface area contributed by atoms with Gasteiger partial charge in [0.2, 0.25) is 5.89 Å². The lowest BCUT2D eigenvalue weighted by Gasteiger charge is -2.24. The van der Waals surface area contributed by atoms with Crippen molar-refractivity contribution in [2.45, 2.75) is 59.7 Å². The highest BCUT2D eigenvalue weighted by Gasteiger charge is 2.17. The summed E-state index contributed by atoms with van der Waals surface area (Å²) in [5.41, 5.74) is 0. The van der Waals surface area contributed by atoms with Crippen LogP contribution in [0.5, 0.6) is 0 Å². The summed E-state index contributed by atoms with van der Waals surface area (Å²) < 4.78 is 5.65. The highest BCUT2D eigenvalue weighted by molar-refractivity contribution is 5.25. The fourth-order valence-electron chi connectivity index (χ4n) is 1.58. The molecule has 0 aliphatic carbocycles. The molecule has 5 heteroatoms. The van der Waals surface area contributed by atoms with E-state index in [2.05, 4.69) is 55.0 Å². The molecule has 1 atom stereocenters. The molecule has 1 aromatic rings. The van der Waals surface area contributed by atoms with Crippen LogP contribution in [0.4, 0.5) is 6.01 Å². The van der Waals surface area contributed by atoms with Crippen LogP contribution < -0.4 is 10.2 Å². The zero-order chi connectivity index (χ0) is 12.8. The molecule has 1 aromatic heterocycles. The molecule has 1 unspecified atom stereocenters. The van der Waals surface area contributed by atoms with Gasteiger partial charge < -0.3 is 14.6 Å². The van der Waals surface area contributed by atoms with Crippen LogP contribution in [0, 0.1) is 0 Å². The Bertz CT molecular complexity index is 324. The summed E-state index contributed by atoms with van der Waals surface area (Å²) >= 11 is 0. The Kier molecular flexibility index (Phi) is 5.41. The average Bonchev–Trinajstić information content (AvgIpc) is 2.75. The molecule has 0 aliphatic heterocycles. The minimum atomic E-state index is 0.419. The second-order valence-electron chi connectivity index (χ2n) is 4.56. The van der Waals surface area contributed by atoms with Crippen molar-refractivity contribution in [1.82, 2.24) is 15.5 Å². The minimum Gasteiger partial charge on any atom is -0.407 e. The normalized spacial score (nSPS) is 13.1. The molecule has 1 N–H and O–H groups in total. The second kappa shape index (κ2) is 6.59. The molecule has 0 aromatic carbocycles. The van der Waals surface area contributed by atoms with Gasteiger partial charge in [-0.3, -0.25) is 0 Å². The van der Waals surface area contributed by atoms with Crippen molar-refractivity contribution in [2.24, 2.45) is 0 Å². The molecule has 0 amide bonds. The number of anilines is 1. The van der Waals surface area contributed by atoms with E-state index in [9.17, 15) is 0 Å². The number of hydrogen-bond donors (Lipinski definition) is 1. The van der Waals surface area contributed by atoms with Gasteiger partial charge in [0.15, 0.2) is 0 Å². The summed E-state index contributed by atoms with van der Waals surface area (Å²) in [5, 5.41) is 11.4. The van der Waals surface area contributed by atoms with Gasteiger partial charge in [-0.05, 0) is 20.3 Å². The van der Waals surface area contributed by atoms with Crippen LogP contribution in [0.1, 0.15) is 46.9 Å². The van der Waals surface area contributed by atoms with Crippen molar-refractivity contribution in [1.29, 1.82) is 0 Å². The SMILES string of the molecule is CCC(C)N(CC)c1nnc(CNC(C)C)o1. The van der Waals surface area contributed by atoms with Gasteiger partial charge >= 0.3 is 6.01 Å². The Balaban J connectivity index is 2.65. The van der Waals surface area contributed by atoms with E-state index in [1.807, 2.05) is 0 Å². The van der Waals surface area contributed by atoms with Crippen molar-refractivity contribution in [2.75, 3.05) is 11.4 Å². The summed E-state index contributed by atoms with van der Waals surface area (Å²) in [6, 6.07) is 1.47. The summed E-state index contributed by atoms with van der Waals surface area (Å²) in [4.78, 5) is 2.13. The first-order valence-corrected chi connectivity index (χ1v) is 6.40. The fraction of sp³-hybridized carbons (Fsp3) is 0.833. The monoisotopic (exact) mass is 240 g/mol. The van der Waals surface area contributed by atoms with Crippen molar-refractivity contribution < 1.29 is 4.42 Å². The van der Waals surface area contributed by atoms with Crippen LogP contribution in [0.25, 0.3) is 0 Å². The van der Waals surface area contributed by atoms with E-state index in [4.69, 9.17) is 4.42 Å². The van der Waals surface area contributed by atoms with E-state index in [1.165, 1.54) is 0 Å². The third-order valence-corrected chi connectivity index (χ3v) is 2.83. The largest absolute Gasteiger partial charge is 0.407 e. The highest BCUT2D eigenvalue weighted by Crippen LogP contribution is 2.16. The van der Waals surface area contributed by atoms with E-state index >= 15 is 0 Å². The van der Waals surface area contributed by atoms with E-state index in [0.717, 1.165) is 13.0 Å². The topological polar surface area (TPSA) is 54.2 Å². The Morgan fingerprint density at radius 2 is 1.94 bits per heavy atom. The van der Waals surface area contributed by atoms with Crippen molar-refractivity contribution in [3.63, 3.8) is 0 Å². The van der Waals surface area contributed by atoms with Gasteiger partial charge in [0.25, 0.3) is 0 Å². The van der Waals surface area contributed by atoms with Crippen LogP contribution in [0.15, 0.2) is 4.42 Å². The molecule has 0 radical (unpaired) electrons. The summed E-state index contributed by atoms with van der Waals surface area (Å²) in [5.74, 6) is 0.649. The maximum atomic E-state index is 5.65. The van der Waals surface area contributed by atoms with E-state index in [-0.39, 0.29) is 0 Å². The number of nitrogens with one attached hydrogen (secondary N) is 1. The summed E-state index contributed by atoms with van der Waals surface area (Å²) in [6.07, 6.45) is 1.07. The fourth-order valence-corrected chi connectivity index (χ4v) is 1.58. The Hall–Kier alpha value is -1.10. The Labute approximate surface area is 104 Å². The first-order valence-electron chi connectivity index (χ1n) is 6.40. The minimum absolute atomic E-state index is 0.419. The number of hydrogen-bond acceptors (Lipinski definition) is 5. The number of aromatic nitrogens is 2. The average molecular weight is 240 g/mol. The van der Waals surface area contributed by atoms with Gasteiger partial charge in [-0.2, -0.15) is 0 Å². The van der Waals surface area contributed by atoms with Gasteiger partial charge in [0.1, 0.15) is 0 Å². The Morgan fingerprint density at radius 3 is 2.47 bits per heavy atom. The maximum Gasteiger partial charge on any atom is 0.318 e. The van der Waals surface area contributed by atoms with Crippen molar-refractivity contribution in [3.05, 3.63) is 5.89 Å². The zero-order valence-corrected chi connectivity index (χ0v) is 11.5. The number of nitrogens with zero attached hydrogens (tertiary/aromatic N) is 3. The van der Waals surface area contributed by atoms with Gasteiger partial charge in [-0.25, -0.2) is 0 Å². The first-order chi connectivity index (χ1) is 8.08. The molecule has 0 spiro atoms. The van der Waals surface area contributed by atoms with Crippen LogP contribution in [-0.2, 0) is 6.54 Å². The van der Waals surface area contributed by atoms with E-state index in [1.54, 1.807) is 0 Å². The van der Waals surface area contributed by atoms with Crippen molar-refractivity contribution in [3.8, 4) is 0 Å². The van der Waals surface area contributed by atoms with Gasteiger partial charge in [-0.1, -0.05) is 25.9 Å². The smallest absolute Gasteiger partial charge is 0.318 e. The van der Waals surface area contributed by atoms with Gasteiger partial charge in [-0.15, -0.1) is 5.10 Å². The first kappa shape index (κ1) is 14.0. The standard InChI is InChI=1S/C12H24N4O/c1-6-10(5)16(7-2)12-15-14-11(17-12)8-13-9(3)4/h9-10,13H,6-8H2,1-5H3.